The van der Waals surface area contributed by atoms with Gasteiger partial charge in [0.1, 0.15) is 17.1 Å². The maximum atomic E-state index is 13.0. The number of methoxy groups -OCH3 is 2. The van der Waals surface area contributed by atoms with Gasteiger partial charge in [0.05, 0.1) is 37.5 Å². The molecule has 0 aliphatic rings. The molecule has 0 aliphatic carbocycles. The first kappa shape index (κ1) is 23.5. The third-order valence-corrected chi connectivity index (χ3v) is 9.18. The van der Waals surface area contributed by atoms with E-state index in [-0.39, 0.29) is 17.2 Å². The maximum absolute atomic E-state index is 13.0. The zero-order valence-electron chi connectivity index (χ0n) is 15.6. The van der Waals surface area contributed by atoms with Gasteiger partial charge in [-0.05, 0) is 104 Å². The fourth-order valence-electron chi connectivity index (χ4n) is 2.74. The quantitative estimate of drug-likeness (QED) is 0.231. The lowest BCUT2D eigenvalue weighted by Crippen LogP contribution is -2.16. The van der Waals surface area contributed by atoms with Crippen LogP contribution in [0.5, 0.6) is 11.5 Å². The molecule has 2 aromatic carbocycles. The van der Waals surface area contributed by atoms with E-state index in [4.69, 9.17) is 9.47 Å². The summed E-state index contributed by atoms with van der Waals surface area (Å²) in [4.78, 5) is 25.5. The van der Waals surface area contributed by atoms with Crippen LogP contribution in [0.15, 0.2) is 35.7 Å². The maximum Gasteiger partial charge on any atom is 0.339 e. The molecular formula is C20H14I3NO5S. The van der Waals surface area contributed by atoms with Crippen LogP contribution in [-0.2, 0) is 0 Å². The van der Waals surface area contributed by atoms with Gasteiger partial charge in [-0.1, -0.05) is 0 Å². The van der Waals surface area contributed by atoms with Crippen LogP contribution in [-0.4, -0.2) is 31.2 Å². The van der Waals surface area contributed by atoms with Crippen molar-refractivity contribution in [2.24, 2.45) is 0 Å². The lowest BCUT2D eigenvalue weighted by atomic mass is 10.1. The Morgan fingerprint density at radius 1 is 1.03 bits per heavy atom. The Balaban J connectivity index is 1.98. The number of rotatable bonds is 6. The summed E-state index contributed by atoms with van der Waals surface area (Å²) in [6.07, 6.45) is 0. The summed E-state index contributed by atoms with van der Waals surface area (Å²) in [6.45, 7) is 0. The van der Waals surface area contributed by atoms with E-state index >= 15 is 0 Å². The van der Waals surface area contributed by atoms with Crippen LogP contribution >= 0.6 is 79.1 Å². The van der Waals surface area contributed by atoms with Gasteiger partial charge in [-0.2, -0.15) is 0 Å². The smallest absolute Gasteiger partial charge is 0.339 e. The molecule has 1 amide bonds. The van der Waals surface area contributed by atoms with Crippen LogP contribution in [0.1, 0.15) is 20.7 Å². The standard InChI is InChI=1S/C20H14I3NO5S/c1-28-10-5-3-9(4-6-10)18-14(20(26)27)13(8-30-18)24-19(25)11-7-12(21)17(29-2)16(23)15(11)22/h3-8H,1-2H3,(H,24,25)(H,26,27). The molecular weight excluding hydrogens is 747 g/mol. The number of halogens is 3. The number of hydrogen-bond donors (Lipinski definition) is 2. The van der Waals surface area contributed by atoms with Crippen molar-refractivity contribution in [3.05, 3.63) is 57.5 Å². The molecule has 0 bridgehead atoms. The fourth-order valence-corrected chi connectivity index (χ4v) is 6.50. The molecule has 6 nitrogen and oxygen atoms in total. The Hall–Kier alpha value is -1.13. The Labute approximate surface area is 217 Å². The van der Waals surface area contributed by atoms with E-state index in [1.165, 1.54) is 11.3 Å². The Morgan fingerprint density at radius 2 is 1.70 bits per heavy atom. The zero-order chi connectivity index (χ0) is 22.0. The predicted molar refractivity (Wildman–Crippen MR) is 142 cm³/mol. The normalized spacial score (nSPS) is 10.6. The van der Waals surface area contributed by atoms with E-state index in [2.05, 4.69) is 73.1 Å². The number of nitrogens with one attached hydrogen (secondary N) is 1. The molecule has 0 aliphatic heterocycles. The molecule has 30 heavy (non-hydrogen) atoms. The molecule has 0 spiro atoms. The molecule has 1 heterocycles. The highest BCUT2D eigenvalue weighted by molar-refractivity contribution is 14.1. The Morgan fingerprint density at radius 3 is 2.27 bits per heavy atom. The monoisotopic (exact) mass is 761 g/mol. The minimum Gasteiger partial charge on any atom is -0.497 e. The number of hydrogen-bond acceptors (Lipinski definition) is 5. The highest BCUT2D eigenvalue weighted by Crippen LogP contribution is 2.38. The minimum atomic E-state index is -1.11. The zero-order valence-corrected chi connectivity index (χ0v) is 22.9. The van der Waals surface area contributed by atoms with Gasteiger partial charge in [0.25, 0.3) is 5.91 Å². The van der Waals surface area contributed by atoms with E-state index < -0.39 is 5.97 Å². The van der Waals surface area contributed by atoms with E-state index in [9.17, 15) is 14.7 Å². The number of thiophene rings is 1. The van der Waals surface area contributed by atoms with E-state index in [1.54, 1.807) is 49.9 Å². The molecule has 0 saturated heterocycles. The van der Waals surface area contributed by atoms with E-state index in [0.29, 0.717) is 21.9 Å². The molecule has 0 unspecified atom stereocenters. The molecule has 3 aromatic rings. The number of carbonyl (C=O) groups excluding carboxylic acids is 1. The van der Waals surface area contributed by atoms with Gasteiger partial charge < -0.3 is 19.9 Å². The highest BCUT2D eigenvalue weighted by Gasteiger charge is 2.24. The average Bonchev–Trinajstić information content (AvgIpc) is 3.14. The molecule has 1 aromatic heterocycles. The second-order valence-corrected chi connectivity index (χ2v) is 10.1. The third-order valence-electron chi connectivity index (χ3n) is 4.17. The number of carboxylic acid groups (broad SMARTS) is 1. The molecule has 3 rings (SSSR count). The van der Waals surface area contributed by atoms with E-state index in [1.807, 2.05) is 0 Å². The van der Waals surface area contributed by atoms with Gasteiger partial charge in [-0.15, -0.1) is 11.3 Å². The van der Waals surface area contributed by atoms with Gasteiger partial charge >= 0.3 is 5.97 Å². The topological polar surface area (TPSA) is 84.9 Å². The molecule has 0 fully saturated rings. The Kier molecular flexibility index (Phi) is 7.84. The molecule has 0 saturated carbocycles. The van der Waals surface area contributed by atoms with Crippen molar-refractivity contribution in [3.8, 4) is 21.9 Å². The fraction of sp³-hybridized carbons (Fsp3) is 0.100. The third kappa shape index (κ3) is 4.70. The number of carboxylic acids is 1. The lowest BCUT2D eigenvalue weighted by molar-refractivity contribution is 0.0699. The summed E-state index contributed by atoms with van der Waals surface area (Å²) >= 11 is 7.61. The lowest BCUT2D eigenvalue weighted by Gasteiger charge is -2.13. The number of amides is 1. The molecule has 156 valence electrons. The summed E-state index contributed by atoms with van der Waals surface area (Å²) < 4.78 is 12.9. The van der Waals surface area contributed by atoms with Gasteiger partial charge in [-0.25, -0.2) is 4.79 Å². The van der Waals surface area contributed by atoms with Crippen LogP contribution < -0.4 is 14.8 Å². The average molecular weight is 761 g/mol. The van der Waals surface area contributed by atoms with Gasteiger partial charge in [0.15, 0.2) is 0 Å². The summed E-state index contributed by atoms with van der Waals surface area (Å²) in [5.41, 5.74) is 1.52. The summed E-state index contributed by atoms with van der Waals surface area (Å²) in [6, 6.07) is 8.85. The number of carbonyl (C=O) groups is 2. The van der Waals surface area contributed by atoms with E-state index in [0.717, 1.165) is 16.3 Å². The van der Waals surface area contributed by atoms with Gasteiger partial charge in [0.2, 0.25) is 0 Å². The summed E-state index contributed by atoms with van der Waals surface area (Å²) in [5, 5.41) is 14.2. The second kappa shape index (κ2) is 9.99. The highest BCUT2D eigenvalue weighted by atomic mass is 127. The van der Waals surface area contributed by atoms with Crippen molar-refractivity contribution < 1.29 is 24.2 Å². The van der Waals surface area contributed by atoms with Crippen molar-refractivity contribution in [1.82, 2.24) is 0 Å². The van der Waals surface area contributed by atoms with Crippen molar-refractivity contribution in [3.63, 3.8) is 0 Å². The Bertz CT molecular complexity index is 1130. The SMILES string of the molecule is COc1ccc(-c2scc(NC(=O)c3cc(I)c(OC)c(I)c3I)c2C(=O)O)cc1. The number of benzene rings is 2. The van der Waals surface area contributed by atoms with Gasteiger partial charge in [0, 0.05) is 8.95 Å². The second-order valence-electron chi connectivity index (χ2n) is 5.91. The largest absolute Gasteiger partial charge is 0.497 e. The van der Waals surface area contributed by atoms with Gasteiger partial charge in [-0.3, -0.25) is 4.79 Å². The van der Waals surface area contributed by atoms with Crippen molar-refractivity contribution >= 4 is 96.7 Å². The van der Waals surface area contributed by atoms with Crippen LogP contribution in [0.3, 0.4) is 0 Å². The predicted octanol–water partition coefficient (Wildman–Crippen LogP) is 6.20. The number of ether oxygens (including phenoxy) is 2. The van der Waals surface area contributed by atoms with Crippen molar-refractivity contribution in [2.45, 2.75) is 0 Å². The first-order valence-electron chi connectivity index (χ1n) is 8.30. The molecule has 10 heteroatoms. The van der Waals surface area contributed by atoms with Crippen molar-refractivity contribution in [2.75, 3.05) is 19.5 Å². The molecule has 0 atom stereocenters. The van der Waals surface area contributed by atoms with Crippen LogP contribution in [0.25, 0.3) is 10.4 Å². The van der Waals surface area contributed by atoms with Crippen LogP contribution in [0.2, 0.25) is 0 Å². The number of aromatic carboxylic acids is 1. The van der Waals surface area contributed by atoms with Crippen molar-refractivity contribution in [1.29, 1.82) is 0 Å². The summed E-state index contributed by atoms with van der Waals surface area (Å²) in [5.74, 6) is -0.0925. The molecule has 0 radical (unpaired) electrons. The molecule has 2 N–H and O–H groups in total. The summed E-state index contributed by atoms with van der Waals surface area (Å²) in [7, 11) is 3.15. The van der Waals surface area contributed by atoms with Crippen LogP contribution in [0, 0.1) is 10.7 Å². The first-order chi connectivity index (χ1) is 14.3. The number of anilines is 1. The first-order valence-corrected chi connectivity index (χ1v) is 12.4. The minimum absolute atomic E-state index is 0.0615. The van der Waals surface area contributed by atoms with Crippen LogP contribution in [0.4, 0.5) is 5.69 Å².